The third-order valence-corrected chi connectivity index (χ3v) is 2.25. The number of ketones is 2. The fourth-order valence-electron chi connectivity index (χ4n) is 0.321. The summed E-state index contributed by atoms with van der Waals surface area (Å²) >= 11 is 19.6. The molecule has 0 N–H and O–H groups in total. The van der Waals surface area contributed by atoms with Gasteiger partial charge in [0.2, 0.25) is 0 Å². The highest BCUT2D eigenvalue weighted by atomic mass is 35.5. The minimum Gasteiger partial charge on any atom is -0.286 e. The molecule has 0 amide bonds. The first kappa shape index (κ1) is 12.8. The van der Waals surface area contributed by atoms with Gasteiger partial charge in [-0.3, -0.25) is 19.2 Å². The van der Waals surface area contributed by atoms with Gasteiger partial charge in [0.25, 0.3) is 26.4 Å². The summed E-state index contributed by atoms with van der Waals surface area (Å²) in [5.74, 6) is -3.36. The standard InChI is InChI=1S/C5Cl4O4/c6-3(12)1(10)2(11)5(8,9)4(7)13. The molecule has 0 aliphatic heterocycles. The highest BCUT2D eigenvalue weighted by Crippen LogP contribution is 2.25. The molecule has 0 heterocycles. The predicted molar refractivity (Wildman–Crippen MR) is 46.2 cm³/mol. The highest BCUT2D eigenvalue weighted by molar-refractivity contribution is 6.97. The van der Waals surface area contributed by atoms with Gasteiger partial charge in [0.1, 0.15) is 0 Å². The van der Waals surface area contributed by atoms with Gasteiger partial charge in [-0.05, 0) is 23.2 Å². The van der Waals surface area contributed by atoms with Gasteiger partial charge in [-0.1, -0.05) is 23.2 Å². The Morgan fingerprint density at radius 2 is 1.31 bits per heavy atom. The normalized spacial score (nSPS) is 10.8. The molecule has 0 aromatic carbocycles. The summed E-state index contributed by atoms with van der Waals surface area (Å²) in [7, 11) is 0. The molecule has 13 heavy (non-hydrogen) atoms. The number of hydrogen-bond donors (Lipinski definition) is 0. The largest absolute Gasteiger partial charge is 0.296 e. The molecule has 0 aromatic heterocycles. The molecular weight excluding hydrogens is 266 g/mol. The molecule has 0 bridgehead atoms. The number of Topliss-reactive ketones (excluding diaryl/α,β-unsaturated/α-hetero) is 2. The van der Waals surface area contributed by atoms with Gasteiger partial charge in [0.05, 0.1) is 0 Å². The molecule has 0 unspecified atom stereocenters. The number of alkyl halides is 2. The van der Waals surface area contributed by atoms with Crippen LogP contribution in [0.3, 0.4) is 0 Å². The van der Waals surface area contributed by atoms with E-state index in [-0.39, 0.29) is 0 Å². The zero-order chi connectivity index (χ0) is 10.8. The maximum Gasteiger partial charge on any atom is 0.296 e. The Morgan fingerprint density at radius 1 is 0.923 bits per heavy atom. The Bertz CT molecular complexity index is 295. The second-order valence-corrected chi connectivity index (χ2v) is 3.79. The molecule has 0 aliphatic rings. The van der Waals surface area contributed by atoms with Crippen molar-refractivity contribution in [1.82, 2.24) is 0 Å². The van der Waals surface area contributed by atoms with Crippen LogP contribution in [0, 0.1) is 0 Å². The van der Waals surface area contributed by atoms with E-state index >= 15 is 0 Å². The SMILES string of the molecule is O=C(Cl)C(=O)C(=O)C(Cl)(Cl)C(=O)Cl. The van der Waals surface area contributed by atoms with Gasteiger partial charge >= 0.3 is 0 Å². The molecule has 8 heteroatoms. The van der Waals surface area contributed by atoms with Crippen LogP contribution in [0.1, 0.15) is 0 Å². The highest BCUT2D eigenvalue weighted by Gasteiger charge is 2.46. The van der Waals surface area contributed by atoms with Gasteiger partial charge in [0.15, 0.2) is 0 Å². The van der Waals surface area contributed by atoms with Gasteiger partial charge in [-0.2, -0.15) is 0 Å². The first-order valence-corrected chi connectivity index (χ1v) is 4.08. The summed E-state index contributed by atoms with van der Waals surface area (Å²) in [5.41, 5.74) is 0. The predicted octanol–water partition coefficient (Wildman–Crippen LogP) is 0.829. The van der Waals surface area contributed by atoms with E-state index in [1.165, 1.54) is 0 Å². The van der Waals surface area contributed by atoms with Gasteiger partial charge in [-0.25, -0.2) is 0 Å². The number of carbonyl (C=O) groups is 4. The lowest BCUT2D eigenvalue weighted by atomic mass is 10.2. The molecule has 0 radical (unpaired) electrons. The van der Waals surface area contributed by atoms with E-state index in [0.717, 1.165) is 0 Å². The van der Waals surface area contributed by atoms with E-state index < -0.39 is 26.4 Å². The minimum atomic E-state index is -2.76. The zero-order valence-electron chi connectivity index (χ0n) is 5.64. The molecule has 0 saturated carbocycles. The number of hydrogen-bond acceptors (Lipinski definition) is 4. The van der Waals surface area contributed by atoms with E-state index in [1.807, 2.05) is 0 Å². The van der Waals surface area contributed by atoms with Crippen LogP contribution in [0.25, 0.3) is 0 Å². The Labute approximate surface area is 92.1 Å². The minimum absolute atomic E-state index is 1.48. The fraction of sp³-hybridized carbons (Fsp3) is 0.200. The van der Waals surface area contributed by atoms with Crippen LogP contribution in [-0.2, 0) is 19.2 Å². The Morgan fingerprint density at radius 3 is 1.54 bits per heavy atom. The van der Waals surface area contributed by atoms with Gasteiger partial charge in [0, 0.05) is 0 Å². The molecule has 0 atom stereocenters. The van der Waals surface area contributed by atoms with Crippen molar-refractivity contribution in [2.75, 3.05) is 0 Å². The van der Waals surface area contributed by atoms with E-state index in [4.69, 9.17) is 34.8 Å². The molecule has 0 saturated heterocycles. The van der Waals surface area contributed by atoms with Crippen LogP contribution in [0.4, 0.5) is 0 Å². The lowest BCUT2D eigenvalue weighted by Gasteiger charge is -2.09. The average molecular weight is 266 g/mol. The van der Waals surface area contributed by atoms with Crippen molar-refractivity contribution in [2.45, 2.75) is 4.33 Å². The quantitative estimate of drug-likeness (QED) is 0.327. The van der Waals surface area contributed by atoms with E-state index in [1.54, 1.807) is 0 Å². The summed E-state index contributed by atoms with van der Waals surface area (Å²) in [6, 6.07) is 0. The van der Waals surface area contributed by atoms with Crippen molar-refractivity contribution in [1.29, 1.82) is 0 Å². The maximum atomic E-state index is 10.8. The molecule has 4 nitrogen and oxygen atoms in total. The smallest absolute Gasteiger partial charge is 0.286 e. The first-order valence-electron chi connectivity index (χ1n) is 2.57. The van der Waals surface area contributed by atoms with Crippen molar-refractivity contribution < 1.29 is 19.2 Å². The van der Waals surface area contributed by atoms with Crippen LogP contribution in [0.5, 0.6) is 0 Å². The van der Waals surface area contributed by atoms with Crippen LogP contribution in [0.2, 0.25) is 0 Å². The number of carbonyl (C=O) groups excluding carboxylic acids is 4. The number of rotatable bonds is 4. The summed E-state index contributed by atoms with van der Waals surface area (Å²) in [4.78, 5) is 42.0. The zero-order valence-corrected chi connectivity index (χ0v) is 8.67. The van der Waals surface area contributed by atoms with Crippen LogP contribution in [0.15, 0.2) is 0 Å². The van der Waals surface area contributed by atoms with Gasteiger partial charge < -0.3 is 0 Å². The van der Waals surface area contributed by atoms with Gasteiger partial charge in [-0.15, -0.1) is 0 Å². The van der Waals surface area contributed by atoms with Crippen molar-refractivity contribution in [3.8, 4) is 0 Å². The summed E-state index contributed by atoms with van der Waals surface area (Å²) in [6.07, 6.45) is 0. The Kier molecular flexibility index (Phi) is 4.32. The molecule has 0 spiro atoms. The van der Waals surface area contributed by atoms with Crippen LogP contribution < -0.4 is 0 Å². The van der Waals surface area contributed by atoms with Crippen molar-refractivity contribution in [3.63, 3.8) is 0 Å². The third-order valence-electron chi connectivity index (χ3n) is 0.917. The van der Waals surface area contributed by atoms with Crippen LogP contribution >= 0.6 is 46.4 Å². The average Bonchev–Trinajstić information content (AvgIpc) is 2.01. The van der Waals surface area contributed by atoms with E-state index in [2.05, 4.69) is 11.6 Å². The second-order valence-electron chi connectivity index (χ2n) is 1.78. The van der Waals surface area contributed by atoms with E-state index in [0.29, 0.717) is 0 Å². The first-order chi connectivity index (χ1) is 5.71. The van der Waals surface area contributed by atoms with Crippen molar-refractivity contribution in [2.24, 2.45) is 0 Å². The monoisotopic (exact) mass is 264 g/mol. The third kappa shape index (κ3) is 2.91. The topological polar surface area (TPSA) is 68.3 Å². The molecule has 0 rings (SSSR count). The van der Waals surface area contributed by atoms with Crippen LogP contribution in [-0.4, -0.2) is 26.4 Å². The summed E-state index contributed by atoms with van der Waals surface area (Å²) in [6.45, 7) is 0. The summed E-state index contributed by atoms with van der Waals surface area (Å²) < 4.78 is -2.76. The lowest BCUT2D eigenvalue weighted by Crippen LogP contribution is -2.40. The Hall–Kier alpha value is -0.160. The summed E-state index contributed by atoms with van der Waals surface area (Å²) in [5, 5.41) is -3.07. The van der Waals surface area contributed by atoms with Crippen molar-refractivity contribution >= 4 is 68.5 Å². The maximum absolute atomic E-state index is 10.8. The molecule has 0 aromatic rings. The fourth-order valence-corrected chi connectivity index (χ4v) is 0.664. The molecule has 0 aliphatic carbocycles. The second kappa shape index (κ2) is 4.37. The lowest BCUT2D eigenvalue weighted by molar-refractivity contribution is -0.142. The molecule has 0 fully saturated rings. The van der Waals surface area contributed by atoms with E-state index in [9.17, 15) is 19.2 Å². The number of halogens is 4. The Balaban J connectivity index is 4.91. The van der Waals surface area contributed by atoms with Crippen molar-refractivity contribution in [3.05, 3.63) is 0 Å². The molecular formula is C5Cl4O4. The molecule has 72 valence electrons.